The summed E-state index contributed by atoms with van der Waals surface area (Å²) < 4.78 is 0. The molecule has 1 aliphatic rings. The fourth-order valence-electron chi connectivity index (χ4n) is 1.42. The Bertz CT molecular complexity index is 221. The van der Waals surface area contributed by atoms with Crippen molar-refractivity contribution in [3.05, 3.63) is 0 Å². The standard InChI is InChI=1S/C9H15N3O/c1-8(6-10)7-12-4-2-9(13)11-3-5-12/h8H,2-5,7H2,1H3,(H,11,13). The highest BCUT2D eigenvalue weighted by atomic mass is 16.1. The van der Waals surface area contributed by atoms with Crippen LogP contribution in [0.1, 0.15) is 13.3 Å². The van der Waals surface area contributed by atoms with Gasteiger partial charge in [-0.25, -0.2) is 0 Å². The molecular weight excluding hydrogens is 166 g/mol. The van der Waals surface area contributed by atoms with Gasteiger partial charge in [-0.2, -0.15) is 5.26 Å². The number of carbonyl (C=O) groups is 1. The smallest absolute Gasteiger partial charge is 0.221 e. The van der Waals surface area contributed by atoms with E-state index in [4.69, 9.17) is 5.26 Å². The minimum absolute atomic E-state index is 0.0493. The van der Waals surface area contributed by atoms with E-state index in [9.17, 15) is 4.79 Å². The van der Waals surface area contributed by atoms with Gasteiger partial charge in [0, 0.05) is 32.6 Å². The Morgan fingerprint density at radius 3 is 3.15 bits per heavy atom. The molecule has 0 aromatic rings. The molecule has 0 aromatic carbocycles. The quantitative estimate of drug-likeness (QED) is 0.650. The number of hydrogen-bond donors (Lipinski definition) is 1. The van der Waals surface area contributed by atoms with Crippen molar-refractivity contribution in [2.45, 2.75) is 13.3 Å². The number of nitrogens with zero attached hydrogens (tertiary/aromatic N) is 2. The molecule has 0 radical (unpaired) electrons. The van der Waals surface area contributed by atoms with Gasteiger partial charge in [0.2, 0.25) is 5.91 Å². The van der Waals surface area contributed by atoms with Gasteiger partial charge in [-0.05, 0) is 6.92 Å². The van der Waals surface area contributed by atoms with Crippen molar-refractivity contribution in [1.82, 2.24) is 10.2 Å². The number of carbonyl (C=O) groups excluding carboxylic acids is 1. The summed E-state index contributed by atoms with van der Waals surface area (Å²) in [4.78, 5) is 13.1. The van der Waals surface area contributed by atoms with E-state index in [0.717, 1.165) is 19.6 Å². The molecule has 0 aromatic heterocycles. The number of amides is 1. The lowest BCUT2D eigenvalue weighted by Crippen LogP contribution is -2.31. The maximum absolute atomic E-state index is 11.0. The zero-order valence-corrected chi connectivity index (χ0v) is 7.92. The molecule has 0 bridgehead atoms. The highest BCUT2D eigenvalue weighted by Gasteiger charge is 2.14. The Morgan fingerprint density at radius 1 is 1.69 bits per heavy atom. The minimum atomic E-state index is 0.0493. The van der Waals surface area contributed by atoms with E-state index in [2.05, 4.69) is 16.3 Å². The Labute approximate surface area is 78.5 Å². The maximum Gasteiger partial charge on any atom is 0.221 e. The number of nitriles is 1. The highest BCUT2D eigenvalue weighted by molar-refractivity contribution is 5.76. The fraction of sp³-hybridized carbons (Fsp3) is 0.778. The molecule has 1 heterocycles. The summed E-state index contributed by atoms with van der Waals surface area (Å²) in [6.45, 7) is 5.01. The summed E-state index contributed by atoms with van der Waals surface area (Å²) in [7, 11) is 0. The molecule has 4 heteroatoms. The molecular formula is C9H15N3O. The second-order valence-electron chi connectivity index (χ2n) is 3.43. The van der Waals surface area contributed by atoms with Gasteiger partial charge >= 0.3 is 0 Å². The predicted molar refractivity (Wildman–Crippen MR) is 48.8 cm³/mol. The second-order valence-corrected chi connectivity index (χ2v) is 3.43. The second kappa shape index (κ2) is 4.83. The topological polar surface area (TPSA) is 56.1 Å². The van der Waals surface area contributed by atoms with Crippen LogP contribution in [0.5, 0.6) is 0 Å². The summed E-state index contributed by atoms with van der Waals surface area (Å²) in [5.41, 5.74) is 0. The van der Waals surface area contributed by atoms with Gasteiger partial charge in [-0.1, -0.05) is 0 Å². The van der Waals surface area contributed by atoms with E-state index in [1.807, 2.05) is 6.92 Å². The Hall–Kier alpha value is -1.08. The molecule has 1 N–H and O–H groups in total. The molecule has 72 valence electrons. The van der Waals surface area contributed by atoms with Crippen molar-refractivity contribution in [2.75, 3.05) is 26.2 Å². The summed E-state index contributed by atoms with van der Waals surface area (Å²) >= 11 is 0. The van der Waals surface area contributed by atoms with Crippen LogP contribution in [0, 0.1) is 17.2 Å². The van der Waals surface area contributed by atoms with Crippen LogP contribution in [0.2, 0.25) is 0 Å². The first-order chi connectivity index (χ1) is 6.22. The van der Waals surface area contributed by atoms with Gasteiger partial charge in [-0.3, -0.25) is 9.69 Å². The van der Waals surface area contributed by atoms with E-state index in [-0.39, 0.29) is 11.8 Å². The van der Waals surface area contributed by atoms with Gasteiger partial charge in [0.25, 0.3) is 0 Å². The largest absolute Gasteiger partial charge is 0.355 e. The average molecular weight is 181 g/mol. The van der Waals surface area contributed by atoms with Crippen molar-refractivity contribution < 1.29 is 4.79 Å². The Kier molecular flexibility index (Phi) is 3.71. The molecule has 1 atom stereocenters. The van der Waals surface area contributed by atoms with E-state index in [0.29, 0.717) is 13.0 Å². The Morgan fingerprint density at radius 2 is 2.46 bits per heavy atom. The van der Waals surface area contributed by atoms with Crippen LogP contribution in [0.3, 0.4) is 0 Å². The van der Waals surface area contributed by atoms with Gasteiger partial charge in [-0.15, -0.1) is 0 Å². The molecule has 1 unspecified atom stereocenters. The van der Waals surface area contributed by atoms with Crippen LogP contribution in [0.15, 0.2) is 0 Å². The summed E-state index contributed by atoms with van der Waals surface area (Å²) in [5.74, 6) is 0.167. The minimum Gasteiger partial charge on any atom is -0.355 e. The normalized spacial score (nSPS) is 21.4. The first-order valence-corrected chi connectivity index (χ1v) is 4.61. The third-order valence-electron chi connectivity index (χ3n) is 2.16. The molecule has 0 saturated carbocycles. The lowest BCUT2D eigenvalue weighted by molar-refractivity contribution is -0.120. The van der Waals surface area contributed by atoms with Crippen LogP contribution >= 0.6 is 0 Å². The molecule has 0 aliphatic carbocycles. The summed E-state index contributed by atoms with van der Waals surface area (Å²) in [5, 5.41) is 11.4. The lowest BCUT2D eigenvalue weighted by Gasteiger charge is -2.19. The first kappa shape index (κ1) is 10.0. The highest BCUT2D eigenvalue weighted by Crippen LogP contribution is 2.01. The van der Waals surface area contributed by atoms with Crippen molar-refractivity contribution in [2.24, 2.45) is 5.92 Å². The van der Waals surface area contributed by atoms with E-state index in [1.165, 1.54) is 0 Å². The van der Waals surface area contributed by atoms with E-state index >= 15 is 0 Å². The third kappa shape index (κ3) is 3.43. The molecule has 0 spiro atoms. The summed E-state index contributed by atoms with van der Waals surface area (Å²) in [6.07, 6.45) is 0.554. The van der Waals surface area contributed by atoms with Crippen LogP contribution in [-0.4, -0.2) is 37.0 Å². The van der Waals surface area contributed by atoms with Crippen molar-refractivity contribution in [1.29, 1.82) is 5.26 Å². The van der Waals surface area contributed by atoms with Crippen molar-refractivity contribution >= 4 is 5.91 Å². The molecule has 4 nitrogen and oxygen atoms in total. The number of rotatable bonds is 2. The molecule has 1 fully saturated rings. The SMILES string of the molecule is CC(C#N)CN1CCNC(=O)CC1. The number of nitrogens with one attached hydrogen (secondary N) is 1. The third-order valence-corrected chi connectivity index (χ3v) is 2.16. The summed E-state index contributed by atoms with van der Waals surface area (Å²) in [6, 6.07) is 2.20. The van der Waals surface area contributed by atoms with Gasteiger partial charge in [0.1, 0.15) is 0 Å². The molecule has 1 amide bonds. The molecule has 13 heavy (non-hydrogen) atoms. The first-order valence-electron chi connectivity index (χ1n) is 4.61. The fourth-order valence-corrected chi connectivity index (χ4v) is 1.42. The van der Waals surface area contributed by atoms with Gasteiger partial charge < -0.3 is 5.32 Å². The van der Waals surface area contributed by atoms with Crippen molar-refractivity contribution in [3.63, 3.8) is 0 Å². The average Bonchev–Trinajstić information content (AvgIpc) is 2.31. The number of hydrogen-bond acceptors (Lipinski definition) is 3. The van der Waals surface area contributed by atoms with Crippen LogP contribution in [-0.2, 0) is 4.79 Å². The van der Waals surface area contributed by atoms with Crippen molar-refractivity contribution in [3.8, 4) is 6.07 Å². The van der Waals surface area contributed by atoms with Gasteiger partial charge in [0.15, 0.2) is 0 Å². The van der Waals surface area contributed by atoms with Crippen LogP contribution in [0.25, 0.3) is 0 Å². The zero-order valence-electron chi connectivity index (χ0n) is 7.92. The van der Waals surface area contributed by atoms with Gasteiger partial charge in [0.05, 0.1) is 12.0 Å². The van der Waals surface area contributed by atoms with Crippen LogP contribution < -0.4 is 5.32 Å². The molecule has 1 rings (SSSR count). The monoisotopic (exact) mass is 181 g/mol. The van der Waals surface area contributed by atoms with E-state index in [1.54, 1.807) is 0 Å². The van der Waals surface area contributed by atoms with Crippen LogP contribution in [0.4, 0.5) is 0 Å². The molecule has 1 aliphatic heterocycles. The zero-order chi connectivity index (χ0) is 9.68. The maximum atomic E-state index is 11.0. The van der Waals surface area contributed by atoms with E-state index < -0.39 is 0 Å². The molecule has 1 saturated heterocycles. The predicted octanol–water partition coefficient (Wildman–Crippen LogP) is -0.0320. The Balaban J connectivity index is 2.34. The lowest BCUT2D eigenvalue weighted by atomic mass is 10.2.